The number of carbonyl (C=O) groups excluding carboxylic acids is 1. The third-order valence-corrected chi connectivity index (χ3v) is 2.41. The lowest BCUT2D eigenvalue weighted by Gasteiger charge is -2.11. The van der Waals surface area contributed by atoms with Crippen molar-refractivity contribution in [1.29, 1.82) is 0 Å². The van der Waals surface area contributed by atoms with Crippen molar-refractivity contribution in [2.45, 2.75) is 19.3 Å². The van der Waals surface area contributed by atoms with Gasteiger partial charge in [0.2, 0.25) is 5.78 Å². The first-order chi connectivity index (χ1) is 7.56. The van der Waals surface area contributed by atoms with E-state index in [-0.39, 0.29) is 0 Å². The fraction of sp³-hybridized carbons (Fsp3) is 0.231. The van der Waals surface area contributed by atoms with E-state index < -0.39 is 17.7 Å². The third kappa shape index (κ3) is 2.79. The minimum atomic E-state index is -1.40. The monoisotopic (exact) mass is 218 g/mol. The van der Waals surface area contributed by atoms with Gasteiger partial charge in [-0.25, -0.2) is 4.79 Å². The van der Waals surface area contributed by atoms with Gasteiger partial charge in [-0.2, -0.15) is 0 Å². The van der Waals surface area contributed by atoms with E-state index in [4.69, 9.17) is 5.11 Å². The van der Waals surface area contributed by atoms with Gasteiger partial charge in [0.15, 0.2) is 0 Å². The van der Waals surface area contributed by atoms with Crippen LogP contribution in [0.25, 0.3) is 0 Å². The number of aliphatic carboxylic acids is 1. The van der Waals surface area contributed by atoms with E-state index in [0.29, 0.717) is 6.42 Å². The number of allylic oxidation sites excluding steroid dienone is 1. The first-order valence-electron chi connectivity index (χ1n) is 5.01. The number of carboxylic acid groups (broad SMARTS) is 1. The summed E-state index contributed by atoms with van der Waals surface area (Å²) in [6.07, 6.45) is 1.90. The van der Waals surface area contributed by atoms with Crippen molar-refractivity contribution in [3.05, 3.63) is 48.0 Å². The molecule has 0 radical (unpaired) electrons. The number of hydrogen-bond acceptors (Lipinski definition) is 2. The zero-order valence-electron chi connectivity index (χ0n) is 9.14. The standard InChI is InChI=1S/C13H14O3/c1-3-4-11(12(14)13(15)16)10-7-5-9(2)6-8-10/h3,5-8,11H,1,4H2,2H3,(H,15,16). The first kappa shape index (κ1) is 12.2. The zero-order chi connectivity index (χ0) is 12.1. The molecule has 0 bridgehead atoms. The summed E-state index contributed by atoms with van der Waals surface area (Å²) in [7, 11) is 0. The van der Waals surface area contributed by atoms with Crippen LogP contribution in [0.4, 0.5) is 0 Å². The maximum Gasteiger partial charge on any atom is 0.372 e. The summed E-state index contributed by atoms with van der Waals surface area (Å²) in [5, 5.41) is 8.71. The van der Waals surface area contributed by atoms with Crippen LogP contribution in [0.1, 0.15) is 23.5 Å². The molecule has 84 valence electrons. The molecule has 3 nitrogen and oxygen atoms in total. The van der Waals surface area contributed by atoms with E-state index in [1.807, 2.05) is 19.1 Å². The van der Waals surface area contributed by atoms with Gasteiger partial charge in [-0.05, 0) is 18.9 Å². The fourth-order valence-corrected chi connectivity index (χ4v) is 1.51. The quantitative estimate of drug-likeness (QED) is 0.609. The molecular weight excluding hydrogens is 204 g/mol. The summed E-state index contributed by atoms with van der Waals surface area (Å²) >= 11 is 0. The Morgan fingerprint density at radius 3 is 2.38 bits per heavy atom. The summed E-state index contributed by atoms with van der Waals surface area (Å²) < 4.78 is 0. The number of aryl methyl sites for hydroxylation is 1. The Balaban J connectivity index is 3.02. The van der Waals surface area contributed by atoms with E-state index in [1.54, 1.807) is 18.2 Å². The lowest BCUT2D eigenvalue weighted by atomic mass is 9.91. The number of carbonyl (C=O) groups is 2. The Morgan fingerprint density at radius 2 is 1.94 bits per heavy atom. The molecule has 0 saturated carbocycles. The Morgan fingerprint density at radius 1 is 1.38 bits per heavy atom. The van der Waals surface area contributed by atoms with Gasteiger partial charge in [0, 0.05) is 0 Å². The molecule has 0 saturated heterocycles. The summed E-state index contributed by atoms with van der Waals surface area (Å²) in [5.41, 5.74) is 1.79. The zero-order valence-corrected chi connectivity index (χ0v) is 9.14. The summed E-state index contributed by atoms with van der Waals surface area (Å²) in [4.78, 5) is 22.1. The van der Waals surface area contributed by atoms with Gasteiger partial charge in [0.25, 0.3) is 0 Å². The second-order valence-electron chi connectivity index (χ2n) is 3.66. The maximum atomic E-state index is 11.5. The van der Waals surface area contributed by atoms with E-state index in [9.17, 15) is 9.59 Å². The molecule has 0 spiro atoms. The minimum absolute atomic E-state index is 0.341. The number of benzene rings is 1. The van der Waals surface area contributed by atoms with Crippen LogP contribution in [-0.2, 0) is 9.59 Å². The molecule has 1 unspecified atom stereocenters. The van der Waals surface area contributed by atoms with Crippen molar-refractivity contribution >= 4 is 11.8 Å². The van der Waals surface area contributed by atoms with Crippen molar-refractivity contribution in [2.24, 2.45) is 0 Å². The molecule has 0 aliphatic rings. The van der Waals surface area contributed by atoms with Crippen molar-refractivity contribution < 1.29 is 14.7 Å². The van der Waals surface area contributed by atoms with Crippen LogP contribution >= 0.6 is 0 Å². The third-order valence-electron chi connectivity index (χ3n) is 2.41. The predicted molar refractivity (Wildman–Crippen MR) is 61.4 cm³/mol. The van der Waals surface area contributed by atoms with Crippen LogP contribution in [-0.4, -0.2) is 16.9 Å². The molecule has 0 aromatic heterocycles. The lowest BCUT2D eigenvalue weighted by Crippen LogP contribution is -2.21. The molecule has 0 fully saturated rings. The molecule has 16 heavy (non-hydrogen) atoms. The largest absolute Gasteiger partial charge is 0.475 e. The topological polar surface area (TPSA) is 54.4 Å². The van der Waals surface area contributed by atoms with Crippen LogP contribution < -0.4 is 0 Å². The highest BCUT2D eigenvalue weighted by Crippen LogP contribution is 2.21. The summed E-state index contributed by atoms with van der Waals surface area (Å²) in [6.45, 7) is 5.48. The van der Waals surface area contributed by atoms with Gasteiger partial charge in [-0.15, -0.1) is 6.58 Å². The molecule has 0 aliphatic carbocycles. The SMILES string of the molecule is C=CCC(C(=O)C(=O)O)c1ccc(C)cc1. The molecule has 1 aromatic rings. The number of hydrogen-bond donors (Lipinski definition) is 1. The average molecular weight is 218 g/mol. The van der Waals surface area contributed by atoms with Crippen LogP contribution in [0.5, 0.6) is 0 Å². The minimum Gasteiger partial charge on any atom is -0.475 e. The second-order valence-corrected chi connectivity index (χ2v) is 3.66. The highest BCUT2D eigenvalue weighted by molar-refractivity contribution is 6.35. The lowest BCUT2D eigenvalue weighted by molar-refractivity contribution is -0.149. The molecular formula is C13H14O3. The Bertz CT molecular complexity index is 404. The Labute approximate surface area is 94.4 Å². The van der Waals surface area contributed by atoms with Crippen molar-refractivity contribution in [3.8, 4) is 0 Å². The van der Waals surface area contributed by atoms with Gasteiger partial charge in [-0.3, -0.25) is 4.79 Å². The van der Waals surface area contributed by atoms with Crippen molar-refractivity contribution in [2.75, 3.05) is 0 Å². The molecule has 1 rings (SSSR count). The molecule has 1 N–H and O–H groups in total. The van der Waals surface area contributed by atoms with Gasteiger partial charge < -0.3 is 5.11 Å². The van der Waals surface area contributed by atoms with Crippen LogP contribution in [0.15, 0.2) is 36.9 Å². The van der Waals surface area contributed by atoms with E-state index >= 15 is 0 Å². The predicted octanol–water partition coefficient (Wildman–Crippen LogP) is 2.31. The van der Waals surface area contributed by atoms with Gasteiger partial charge in [-0.1, -0.05) is 35.9 Å². The second kappa shape index (κ2) is 5.26. The Kier molecular flexibility index (Phi) is 4.00. The van der Waals surface area contributed by atoms with Crippen LogP contribution in [0, 0.1) is 6.92 Å². The average Bonchev–Trinajstić information content (AvgIpc) is 2.26. The molecule has 0 amide bonds. The summed E-state index contributed by atoms with van der Waals surface area (Å²) in [5.74, 6) is -2.81. The maximum absolute atomic E-state index is 11.5. The van der Waals surface area contributed by atoms with Gasteiger partial charge in [0.05, 0.1) is 5.92 Å². The van der Waals surface area contributed by atoms with E-state index in [2.05, 4.69) is 6.58 Å². The number of ketones is 1. The van der Waals surface area contributed by atoms with Crippen molar-refractivity contribution in [3.63, 3.8) is 0 Å². The molecule has 0 heterocycles. The number of Topliss-reactive ketones (excluding diaryl/α,β-unsaturated/α-hetero) is 1. The number of carboxylic acids is 1. The van der Waals surface area contributed by atoms with Crippen LogP contribution in [0.2, 0.25) is 0 Å². The van der Waals surface area contributed by atoms with Crippen molar-refractivity contribution in [1.82, 2.24) is 0 Å². The highest BCUT2D eigenvalue weighted by atomic mass is 16.4. The molecule has 3 heteroatoms. The first-order valence-corrected chi connectivity index (χ1v) is 5.01. The van der Waals surface area contributed by atoms with E-state index in [0.717, 1.165) is 11.1 Å². The smallest absolute Gasteiger partial charge is 0.372 e. The Hall–Kier alpha value is -1.90. The number of rotatable bonds is 5. The molecule has 0 aliphatic heterocycles. The van der Waals surface area contributed by atoms with Gasteiger partial charge >= 0.3 is 5.97 Å². The fourth-order valence-electron chi connectivity index (χ4n) is 1.51. The summed E-state index contributed by atoms with van der Waals surface area (Å²) in [6, 6.07) is 7.29. The molecule has 1 aromatic carbocycles. The molecule has 1 atom stereocenters. The highest BCUT2D eigenvalue weighted by Gasteiger charge is 2.24. The normalized spacial score (nSPS) is 11.8. The van der Waals surface area contributed by atoms with Crippen LogP contribution in [0.3, 0.4) is 0 Å². The van der Waals surface area contributed by atoms with Gasteiger partial charge in [0.1, 0.15) is 0 Å². The van der Waals surface area contributed by atoms with E-state index in [1.165, 1.54) is 0 Å².